The van der Waals surface area contributed by atoms with Gasteiger partial charge in [-0.25, -0.2) is 4.98 Å². The number of amides is 1. The molecule has 1 N–H and O–H groups in total. The second-order valence-electron chi connectivity index (χ2n) is 6.11. The van der Waals surface area contributed by atoms with Crippen LogP contribution in [0.5, 0.6) is 11.5 Å². The molecule has 0 saturated heterocycles. The molecule has 2 atom stereocenters. The summed E-state index contributed by atoms with van der Waals surface area (Å²) in [5, 5.41) is 3.20. The van der Waals surface area contributed by atoms with Crippen LogP contribution < -0.4 is 14.8 Å². The van der Waals surface area contributed by atoms with Crippen LogP contribution in [-0.4, -0.2) is 16.7 Å². The van der Waals surface area contributed by atoms with Gasteiger partial charge in [-0.3, -0.25) is 4.79 Å². The van der Waals surface area contributed by atoms with Crippen molar-refractivity contribution in [1.29, 1.82) is 0 Å². The summed E-state index contributed by atoms with van der Waals surface area (Å²) >= 11 is 6.27. The van der Waals surface area contributed by atoms with Gasteiger partial charge in [-0.2, -0.15) is 4.39 Å². The number of rotatable bonds is 3. The van der Waals surface area contributed by atoms with Crippen LogP contribution in [0.25, 0.3) is 11.1 Å². The van der Waals surface area contributed by atoms with Gasteiger partial charge in [0.2, 0.25) is 5.91 Å². The molecule has 25 heavy (non-hydrogen) atoms. The number of anilines is 1. The monoisotopic (exact) mass is 380 g/mol. The number of ether oxygens (including phenoxy) is 2. The molecule has 2 aromatic rings. The van der Waals surface area contributed by atoms with E-state index < -0.39 is 5.78 Å². The molecular formula is C17H15ClFN2O3P. The van der Waals surface area contributed by atoms with Crippen molar-refractivity contribution in [2.45, 2.75) is 25.0 Å². The Hall–Kier alpha value is -1.91. The Morgan fingerprint density at radius 1 is 1.32 bits per heavy atom. The fraction of sp³-hybridized carbons (Fsp3) is 0.294. The lowest BCUT2D eigenvalue weighted by Gasteiger charge is -2.23. The summed E-state index contributed by atoms with van der Waals surface area (Å²) in [5.41, 5.74) is 1.36. The second-order valence-corrected chi connectivity index (χ2v) is 7.21. The van der Waals surface area contributed by atoms with E-state index in [2.05, 4.69) is 10.3 Å². The first-order valence-corrected chi connectivity index (χ1v) is 8.83. The van der Waals surface area contributed by atoms with E-state index >= 15 is 0 Å². The fourth-order valence-electron chi connectivity index (χ4n) is 2.76. The number of hydrogen-bond donors (Lipinski definition) is 1. The van der Waals surface area contributed by atoms with Crippen LogP contribution >= 0.6 is 20.8 Å². The van der Waals surface area contributed by atoms with Crippen molar-refractivity contribution in [3.63, 3.8) is 0 Å². The van der Waals surface area contributed by atoms with E-state index in [-0.39, 0.29) is 23.3 Å². The van der Waals surface area contributed by atoms with Crippen LogP contribution in [0, 0.1) is 5.92 Å². The minimum absolute atomic E-state index is 0.00680. The number of alkyl halides is 1. The van der Waals surface area contributed by atoms with Gasteiger partial charge in [0.25, 0.3) is 0 Å². The number of fused-ring (bicyclic) bond motifs is 1. The summed E-state index contributed by atoms with van der Waals surface area (Å²) in [6.07, 6.45) is 4.57. The second kappa shape index (κ2) is 6.11. The van der Waals surface area contributed by atoms with Crippen LogP contribution in [0.2, 0.25) is 5.02 Å². The van der Waals surface area contributed by atoms with Crippen molar-refractivity contribution < 1.29 is 18.7 Å². The number of aromatic nitrogens is 1. The maximum Gasteiger partial charge on any atom is 0.418 e. The Bertz CT molecular complexity index is 841. The van der Waals surface area contributed by atoms with Crippen LogP contribution in [0.4, 0.5) is 10.2 Å². The van der Waals surface area contributed by atoms with Gasteiger partial charge in [0.15, 0.2) is 11.5 Å². The van der Waals surface area contributed by atoms with Gasteiger partial charge in [-0.1, -0.05) is 18.0 Å². The molecule has 1 fully saturated rings. The first-order valence-electron chi connectivity index (χ1n) is 7.88. The molecular weight excluding hydrogens is 366 g/mol. The number of hydrogen-bond acceptors (Lipinski definition) is 4. The smallest absolute Gasteiger partial charge is 0.418 e. The van der Waals surface area contributed by atoms with E-state index in [0.29, 0.717) is 16.4 Å². The third-order valence-corrected chi connectivity index (χ3v) is 4.88. The highest BCUT2D eigenvalue weighted by Gasteiger charge is 2.37. The number of halogens is 2. The molecule has 2 aliphatic rings. The summed E-state index contributed by atoms with van der Waals surface area (Å²) in [5.74, 6) is -1.18. The zero-order chi connectivity index (χ0) is 17.6. The molecule has 2 unspecified atom stereocenters. The standard InChI is InChI=1S/C17H15ClFN2O3P/c18-12-7-14-13(23-17(19,25)24-14)6-11(12)10-4-5-15(20-8-10)21-16(22)9-2-1-3-9/h4-9H,1-3,25H2,(H,20,21,22). The summed E-state index contributed by atoms with van der Waals surface area (Å²) in [6.45, 7) is 0. The van der Waals surface area contributed by atoms with Gasteiger partial charge in [-0.15, -0.1) is 0 Å². The van der Waals surface area contributed by atoms with Crippen molar-refractivity contribution in [3.05, 3.63) is 35.5 Å². The number of carbonyl (C=O) groups excluding carboxylic acids is 1. The quantitative estimate of drug-likeness (QED) is 0.803. The van der Waals surface area contributed by atoms with Crippen molar-refractivity contribution in [2.75, 3.05) is 5.32 Å². The van der Waals surface area contributed by atoms with Crippen molar-refractivity contribution in [3.8, 4) is 22.6 Å². The molecule has 8 heteroatoms. The summed E-state index contributed by atoms with van der Waals surface area (Å²) in [4.78, 5) is 16.2. The summed E-state index contributed by atoms with van der Waals surface area (Å²) < 4.78 is 23.8. The first kappa shape index (κ1) is 16.6. The highest BCUT2D eigenvalue weighted by Crippen LogP contribution is 2.47. The molecule has 0 radical (unpaired) electrons. The molecule has 4 rings (SSSR count). The molecule has 5 nitrogen and oxygen atoms in total. The molecule has 1 aliphatic carbocycles. The Morgan fingerprint density at radius 2 is 2.04 bits per heavy atom. The molecule has 0 spiro atoms. The average Bonchev–Trinajstić information content (AvgIpc) is 2.78. The van der Waals surface area contributed by atoms with E-state index in [4.69, 9.17) is 21.1 Å². The fourth-order valence-corrected chi connectivity index (χ4v) is 3.28. The lowest BCUT2D eigenvalue weighted by atomic mass is 9.85. The van der Waals surface area contributed by atoms with Crippen molar-refractivity contribution >= 4 is 32.6 Å². The van der Waals surface area contributed by atoms with Crippen molar-refractivity contribution in [1.82, 2.24) is 4.98 Å². The topological polar surface area (TPSA) is 60.5 Å². The van der Waals surface area contributed by atoms with E-state index in [0.717, 1.165) is 24.8 Å². The zero-order valence-corrected chi connectivity index (χ0v) is 15.0. The Labute approximate surface area is 151 Å². The molecule has 1 aromatic heterocycles. The number of nitrogens with zero attached hydrogens (tertiary/aromatic N) is 1. The average molecular weight is 381 g/mol. The molecule has 2 heterocycles. The number of pyridine rings is 1. The van der Waals surface area contributed by atoms with Gasteiger partial charge < -0.3 is 14.8 Å². The highest BCUT2D eigenvalue weighted by molar-refractivity contribution is 7.18. The highest BCUT2D eigenvalue weighted by atomic mass is 35.5. The molecule has 130 valence electrons. The minimum atomic E-state index is -2.28. The van der Waals surface area contributed by atoms with E-state index in [1.165, 1.54) is 6.07 Å². The van der Waals surface area contributed by atoms with E-state index in [1.54, 1.807) is 24.4 Å². The van der Waals surface area contributed by atoms with Crippen molar-refractivity contribution in [2.24, 2.45) is 5.92 Å². The summed E-state index contributed by atoms with van der Waals surface area (Å²) in [7, 11) is 1.85. The zero-order valence-electron chi connectivity index (χ0n) is 13.1. The van der Waals surface area contributed by atoms with Gasteiger partial charge in [0.05, 0.1) is 5.02 Å². The largest absolute Gasteiger partial charge is 0.420 e. The minimum Gasteiger partial charge on any atom is -0.420 e. The van der Waals surface area contributed by atoms with Gasteiger partial charge in [0.1, 0.15) is 5.82 Å². The summed E-state index contributed by atoms with van der Waals surface area (Å²) in [6, 6.07) is 6.61. The Balaban J connectivity index is 1.55. The Kier molecular flexibility index (Phi) is 4.05. The first-order chi connectivity index (χ1) is 11.9. The van der Waals surface area contributed by atoms with Crippen LogP contribution in [0.3, 0.4) is 0 Å². The molecule has 1 amide bonds. The number of benzene rings is 1. The van der Waals surface area contributed by atoms with E-state index in [9.17, 15) is 9.18 Å². The molecule has 0 bridgehead atoms. The van der Waals surface area contributed by atoms with Gasteiger partial charge >= 0.3 is 5.78 Å². The normalized spacial score (nSPS) is 21.7. The lowest BCUT2D eigenvalue weighted by Crippen LogP contribution is -2.28. The Morgan fingerprint density at radius 3 is 2.64 bits per heavy atom. The number of carbonyl (C=O) groups is 1. The van der Waals surface area contributed by atoms with E-state index in [1.807, 2.05) is 9.24 Å². The maximum atomic E-state index is 13.8. The predicted molar refractivity (Wildman–Crippen MR) is 95.5 cm³/mol. The van der Waals surface area contributed by atoms with Crippen LogP contribution in [0.15, 0.2) is 30.5 Å². The van der Waals surface area contributed by atoms with Crippen LogP contribution in [-0.2, 0) is 4.79 Å². The van der Waals surface area contributed by atoms with Crippen LogP contribution in [0.1, 0.15) is 19.3 Å². The number of nitrogens with one attached hydrogen (secondary N) is 1. The van der Waals surface area contributed by atoms with Gasteiger partial charge in [-0.05, 0) is 40.3 Å². The molecule has 1 saturated carbocycles. The third-order valence-electron chi connectivity index (χ3n) is 4.33. The maximum absolute atomic E-state index is 13.8. The lowest BCUT2D eigenvalue weighted by molar-refractivity contribution is -0.122. The molecule has 1 aliphatic heterocycles. The third kappa shape index (κ3) is 3.29. The predicted octanol–water partition coefficient (Wildman–Crippen LogP) is 4.37. The molecule has 1 aromatic carbocycles. The SMILES string of the molecule is O=C(Nc1ccc(-c2cc3c(cc2Cl)OC(F)(P)O3)cn1)C1CCC1. The van der Waals surface area contributed by atoms with Gasteiger partial charge in [0, 0.05) is 29.3 Å².